The summed E-state index contributed by atoms with van der Waals surface area (Å²) < 4.78 is 2.05. The van der Waals surface area contributed by atoms with Gasteiger partial charge in [-0.05, 0) is 22.4 Å². The number of likely N-dealkylation sites (N-methyl/N-ethyl adjacent to an activating group) is 1. The summed E-state index contributed by atoms with van der Waals surface area (Å²) in [6, 6.07) is 0. The van der Waals surface area contributed by atoms with Crippen molar-refractivity contribution in [2.45, 2.75) is 26.3 Å². The number of nitrogens with two attached hydrogens (primary N) is 1. The van der Waals surface area contributed by atoms with Gasteiger partial charge >= 0.3 is 0 Å². The molecule has 1 heterocycles. The number of rotatable bonds is 6. The lowest BCUT2D eigenvalue weighted by atomic mass is 10.3. The molecule has 0 bridgehead atoms. The lowest BCUT2D eigenvalue weighted by Crippen LogP contribution is -2.30. The van der Waals surface area contributed by atoms with Crippen molar-refractivity contribution in [2.75, 3.05) is 25.0 Å². The molecule has 0 fully saturated rings. The maximum atomic E-state index is 12.0. The van der Waals surface area contributed by atoms with Gasteiger partial charge in [0.15, 0.2) is 0 Å². The highest BCUT2D eigenvalue weighted by atomic mass is 79.9. The van der Waals surface area contributed by atoms with Crippen molar-refractivity contribution in [2.24, 2.45) is 5.73 Å². The molecule has 1 aromatic heterocycles. The first-order valence-corrected chi connectivity index (χ1v) is 6.58. The van der Waals surface area contributed by atoms with Crippen molar-refractivity contribution in [1.29, 1.82) is 0 Å². The number of hydrogen-bond donors (Lipinski definition) is 1. The van der Waals surface area contributed by atoms with E-state index in [-0.39, 0.29) is 5.56 Å². The van der Waals surface area contributed by atoms with Gasteiger partial charge in [-0.2, -0.15) is 5.10 Å². The van der Waals surface area contributed by atoms with E-state index in [2.05, 4.69) is 28.0 Å². The van der Waals surface area contributed by atoms with Crippen LogP contribution in [0, 0.1) is 0 Å². The Bertz CT molecular complexity index is 418. The van der Waals surface area contributed by atoms with Crippen LogP contribution in [0.3, 0.4) is 0 Å². The second kappa shape index (κ2) is 6.76. The fraction of sp³-hybridized carbons (Fsp3) is 0.636. The van der Waals surface area contributed by atoms with Crippen LogP contribution in [0.15, 0.2) is 15.5 Å². The molecule has 17 heavy (non-hydrogen) atoms. The molecule has 0 saturated heterocycles. The zero-order valence-corrected chi connectivity index (χ0v) is 11.9. The van der Waals surface area contributed by atoms with E-state index in [1.54, 1.807) is 6.20 Å². The van der Waals surface area contributed by atoms with Crippen molar-refractivity contribution >= 4 is 21.6 Å². The van der Waals surface area contributed by atoms with Crippen LogP contribution in [0.5, 0.6) is 0 Å². The lowest BCUT2D eigenvalue weighted by molar-refractivity contribution is 0.540. The van der Waals surface area contributed by atoms with Crippen LogP contribution in [0.1, 0.15) is 19.8 Å². The number of aromatic nitrogens is 2. The van der Waals surface area contributed by atoms with E-state index < -0.39 is 0 Å². The van der Waals surface area contributed by atoms with Gasteiger partial charge in [-0.1, -0.05) is 13.3 Å². The SMILES string of the molecule is CCCCn1ncc(N(C)CCN)c(Br)c1=O. The Balaban J connectivity index is 2.98. The second-order valence-corrected chi connectivity index (χ2v) is 4.73. The number of unbranched alkanes of at least 4 members (excludes halogenated alkanes) is 1. The molecule has 0 aromatic carbocycles. The smallest absolute Gasteiger partial charge is 0.283 e. The molecule has 2 N–H and O–H groups in total. The molecular weight excluding hydrogens is 284 g/mol. The van der Waals surface area contributed by atoms with E-state index >= 15 is 0 Å². The molecule has 0 unspecified atom stereocenters. The first-order chi connectivity index (χ1) is 8.11. The summed E-state index contributed by atoms with van der Waals surface area (Å²) in [5.41, 5.74) is 6.19. The molecule has 96 valence electrons. The molecule has 0 aliphatic carbocycles. The van der Waals surface area contributed by atoms with Crippen LogP contribution in [-0.4, -0.2) is 29.9 Å². The van der Waals surface area contributed by atoms with Crippen LogP contribution >= 0.6 is 15.9 Å². The normalized spacial score (nSPS) is 10.6. The molecule has 0 aliphatic rings. The predicted molar refractivity (Wildman–Crippen MR) is 73.4 cm³/mol. The van der Waals surface area contributed by atoms with Crippen molar-refractivity contribution in [3.05, 3.63) is 21.0 Å². The maximum Gasteiger partial charge on any atom is 0.283 e. The first kappa shape index (κ1) is 14.2. The van der Waals surface area contributed by atoms with Gasteiger partial charge in [0.2, 0.25) is 0 Å². The molecule has 0 atom stereocenters. The Labute approximate surface area is 110 Å². The fourth-order valence-electron chi connectivity index (χ4n) is 1.50. The molecule has 1 rings (SSSR count). The third-order valence-electron chi connectivity index (χ3n) is 2.57. The van der Waals surface area contributed by atoms with Gasteiger partial charge < -0.3 is 10.6 Å². The quantitative estimate of drug-likeness (QED) is 0.858. The predicted octanol–water partition coefficient (Wildman–Crippen LogP) is 1.20. The zero-order chi connectivity index (χ0) is 12.8. The number of aryl methyl sites for hydroxylation is 1. The van der Waals surface area contributed by atoms with Crippen molar-refractivity contribution in [1.82, 2.24) is 9.78 Å². The molecule has 0 spiro atoms. The molecular formula is C11H19BrN4O. The number of anilines is 1. The monoisotopic (exact) mass is 302 g/mol. The topological polar surface area (TPSA) is 64.2 Å². The average Bonchev–Trinajstić information content (AvgIpc) is 2.31. The van der Waals surface area contributed by atoms with Gasteiger partial charge in [0, 0.05) is 26.7 Å². The minimum absolute atomic E-state index is 0.0835. The van der Waals surface area contributed by atoms with Crippen molar-refractivity contribution < 1.29 is 0 Å². The first-order valence-electron chi connectivity index (χ1n) is 5.78. The van der Waals surface area contributed by atoms with Gasteiger partial charge in [-0.15, -0.1) is 0 Å². The molecule has 5 nitrogen and oxygen atoms in total. The van der Waals surface area contributed by atoms with E-state index in [0.717, 1.165) is 18.5 Å². The highest BCUT2D eigenvalue weighted by Crippen LogP contribution is 2.19. The number of nitrogens with zero attached hydrogens (tertiary/aromatic N) is 3. The van der Waals surface area contributed by atoms with Gasteiger partial charge in [0.25, 0.3) is 5.56 Å². The zero-order valence-electron chi connectivity index (χ0n) is 10.3. The summed E-state index contributed by atoms with van der Waals surface area (Å²) in [5, 5.41) is 4.17. The summed E-state index contributed by atoms with van der Waals surface area (Å²) >= 11 is 3.34. The summed E-state index contributed by atoms with van der Waals surface area (Å²) in [7, 11) is 1.89. The largest absolute Gasteiger partial charge is 0.371 e. The van der Waals surface area contributed by atoms with Crippen LogP contribution < -0.4 is 16.2 Å². The van der Waals surface area contributed by atoms with Crippen molar-refractivity contribution in [3.8, 4) is 0 Å². The van der Waals surface area contributed by atoms with Crippen LogP contribution in [0.25, 0.3) is 0 Å². The Morgan fingerprint density at radius 1 is 1.59 bits per heavy atom. The fourth-order valence-corrected chi connectivity index (χ4v) is 2.11. The van der Waals surface area contributed by atoms with Gasteiger partial charge in [0.1, 0.15) is 4.47 Å². The van der Waals surface area contributed by atoms with E-state index in [4.69, 9.17) is 5.73 Å². The van der Waals surface area contributed by atoms with Gasteiger partial charge in [-0.25, -0.2) is 4.68 Å². The number of halogens is 1. The second-order valence-electron chi connectivity index (χ2n) is 3.94. The highest BCUT2D eigenvalue weighted by molar-refractivity contribution is 9.10. The van der Waals surface area contributed by atoms with Crippen LogP contribution in [0.4, 0.5) is 5.69 Å². The van der Waals surface area contributed by atoms with Crippen LogP contribution in [0.2, 0.25) is 0 Å². The van der Waals surface area contributed by atoms with Gasteiger partial charge in [0.05, 0.1) is 11.9 Å². The summed E-state index contributed by atoms with van der Waals surface area (Å²) in [6.45, 7) is 3.98. The Hall–Kier alpha value is -0.880. The third kappa shape index (κ3) is 3.54. The summed E-state index contributed by atoms with van der Waals surface area (Å²) in [4.78, 5) is 13.9. The molecule has 1 aromatic rings. The molecule has 0 radical (unpaired) electrons. The van der Waals surface area contributed by atoms with Gasteiger partial charge in [-0.3, -0.25) is 4.79 Å². The molecule has 0 saturated carbocycles. The lowest BCUT2D eigenvalue weighted by Gasteiger charge is -2.19. The average molecular weight is 303 g/mol. The number of hydrogen-bond acceptors (Lipinski definition) is 4. The molecule has 0 aliphatic heterocycles. The van der Waals surface area contributed by atoms with E-state index in [0.29, 0.717) is 24.1 Å². The Morgan fingerprint density at radius 3 is 2.88 bits per heavy atom. The van der Waals surface area contributed by atoms with Crippen molar-refractivity contribution in [3.63, 3.8) is 0 Å². The van der Waals surface area contributed by atoms with E-state index in [1.165, 1.54) is 4.68 Å². The maximum absolute atomic E-state index is 12.0. The highest BCUT2D eigenvalue weighted by Gasteiger charge is 2.11. The summed E-state index contributed by atoms with van der Waals surface area (Å²) in [6.07, 6.45) is 3.70. The minimum atomic E-state index is -0.0835. The summed E-state index contributed by atoms with van der Waals surface area (Å²) in [5.74, 6) is 0. The minimum Gasteiger partial charge on any atom is -0.371 e. The van der Waals surface area contributed by atoms with E-state index in [9.17, 15) is 4.79 Å². The Kier molecular flexibility index (Phi) is 5.64. The third-order valence-corrected chi connectivity index (χ3v) is 3.31. The molecule has 0 amide bonds. The van der Waals surface area contributed by atoms with E-state index in [1.807, 2.05) is 11.9 Å². The molecule has 6 heteroatoms. The standard InChI is InChI=1S/C11H19BrN4O/c1-3-4-6-16-11(17)10(12)9(8-14-16)15(2)7-5-13/h8H,3-7,13H2,1-2H3. The van der Waals surface area contributed by atoms with Crippen LogP contribution in [-0.2, 0) is 6.54 Å². The Morgan fingerprint density at radius 2 is 2.29 bits per heavy atom.